The molecule has 0 aliphatic rings. The molecule has 57 heavy (non-hydrogen) atoms. The molecule has 0 spiro atoms. The molecular formula is C55H90N2. The number of aryl methyl sites for hydroxylation is 2. The van der Waals surface area contributed by atoms with E-state index in [9.17, 15) is 0 Å². The topological polar surface area (TPSA) is 24.7 Å². The van der Waals surface area contributed by atoms with Crippen molar-refractivity contribution < 1.29 is 0 Å². The summed E-state index contributed by atoms with van der Waals surface area (Å²) in [7, 11) is 0. The SMILES string of the molecule is CCCCCCCCCCCC=CCCCc1ccccc1N=C(CCCC)C(CCCCC)=Nc1ccccc1CCCC=CCCCCCCCCCCC. The molecule has 0 amide bonds. The van der Waals surface area contributed by atoms with Crippen LogP contribution >= 0.6 is 0 Å². The molecule has 0 atom stereocenters. The molecule has 320 valence electrons. The van der Waals surface area contributed by atoms with Gasteiger partial charge in [0.1, 0.15) is 0 Å². The van der Waals surface area contributed by atoms with Crippen LogP contribution < -0.4 is 0 Å². The van der Waals surface area contributed by atoms with Gasteiger partial charge in [-0.15, -0.1) is 0 Å². The van der Waals surface area contributed by atoms with Crippen molar-refractivity contribution in [2.45, 2.75) is 240 Å². The molecule has 0 unspecified atom stereocenters. The third kappa shape index (κ3) is 26.8. The lowest BCUT2D eigenvalue weighted by Crippen LogP contribution is -2.15. The van der Waals surface area contributed by atoms with Crippen molar-refractivity contribution in [3.63, 3.8) is 0 Å². The van der Waals surface area contributed by atoms with Gasteiger partial charge < -0.3 is 0 Å². The van der Waals surface area contributed by atoms with E-state index in [-0.39, 0.29) is 0 Å². The Labute approximate surface area is 355 Å². The van der Waals surface area contributed by atoms with E-state index in [0.29, 0.717) is 0 Å². The van der Waals surface area contributed by atoms with Crippen molar-refractivity contribution in [3.8, 4) is 0 Å². The van der Waals surface area contributed by atoms with Crippen LogP contribution in [0, 0.1) is 0 Å². The van der Waals surface area contributed by atoms with Crippen molar-refractivity contribution in [2.75, 3.05) is 0 Å². The summed E-state index contributed by atoms with van der Waals surface area (Å²) in [5.41, 5.74) is 7.45. The molecule has 0 N–H and O–H groups in total. The second-order valence-corrected chi connectivity index (χ2v) is 16.9. The second-order valence-electron chi connectivity index (χ2n) is 16.9. The first-order valence-electron chi connectivity index (χ1n) is 24.8. The second kappa shape index (κ2) is 37.5. The predicted octanol–water partition coefficient (Wildman–Crippen LogP) is 18.9. The summed E-state index contributed by atoms with van der Waals surface area (Å²) < 4.78 is 0. The average Bonchev–Trinajstić information content (AvgIpc) is 3.23. The van der Waals surface area contributed by atoms with Crippen LogP contribution in [0.1, 0.15) is 238 Å². The first-order valence-corrected chi connectivity index (χ1v) is 24.8. The Hall–Kier alpha value is -2.74. The van der Waals surface area contributed by atoms with Crippen molar-refractivity contribution in [1.82, 2.24) is 0 Å². The Balaban J connectivity index is 1.99. The number of aliphatic imine (C=N–C) groups is 2. The molecule has 2 nitrogen and oxygen atoms in total. The molecule has 0 radical (unpaired) electrons. The van der Waals surface area contributed by atoms with Gasteiger partial charge in [-0.1, -0.05) is 210 Å². The largest absolute Gasteiger partial charge is 0.251 e. The van der Waals surface area contributed by atoms with Crippen LogP contribution in [0.15, 0.2) is 82.8 Å². The van der Waals surface area contributed by atoms with Crippen LogP contribution in [0.2, 0.25) is 0 Å². The maximum Gasteiger partial charge on any atom is 0.0665 e. The summed E-state index contributed by atoms with van der Waals surface area (Å²) in [5, 5.41) is 0. The zero-order chi connectivity index (χ0) is 40.7. The standard InChI is InChI=1S/C55H90N2/c1-5-9-13-15-17-19-21-23-25-27-29-31-33-36-42-50-44-38-40-47-52(50)56-54(46-12-8-4)55(49-35-11-7-3)57-53-48-41-39-45-51(53)43-37-34-32-30-28-26-24-22-20-18-16-14-10-6-2/h29-32,38-41,44-45,47-48H,5-28,33-37,42-43,46,49H2,1-4H3. The molecule has 2 aromatic rings. The molecule has 0 saturated carbocycles. The minimum atomic E-state index is 0.989. The summed E-state index contributed by atoms with van der Waals surface area (Å²) >= 11 is 0. The number of para-hydroxylation sites is 2. The van der Waals surface area contributed by atoms with Gasteiger partial charge in [-0.25, -0.2) is 0 Å². The van der Waals surface area contributed by atoms with Gasteiger partial charge in [-0.2, -0.15) is 0 Å². The van der Waals surface area contributed by atoms with Gasteiger partial charge in [0.15, 0.2) is 0 Å². The molecular weight excluding hydrogens is 689 g/mol. The minimum Gasteiger partial charge on any atom is -0.251 e. The van der Waals surface area contributed by atoms with Crippen molar-refractivity contribution in [3.05, 3.63) is 84.0 Å². The third-order valence-electron chi connectivity index (χ3n) is 11.5. The van der Waals surface area contributed by atoms with E-state index in [2.05, 4.69) is 101 Å². The number of rotatable bonds is 38. The summed E-state index contributed by atoms with van der Waals surface area (Å²) in [5.74, 6) is 0. The highest BCUT2D eigenvalue weighted by Crippen LogP contribution is 2.26. The Bertz CT molecular complexity index is 1330. The highest BCUT2D eigenvalue weighted by Gasteiger charge is 2.13. The van der Waals surface area contributed by atoms with Crippen molar-refractivity contribution in [1.29, 1.82) is 0 Å². The van der Waals surface area contributed by atoms with Crippen molar-refractivity contribution in [2.24, 2.45) is 9.98 Å². The first kappa shape index (κ1) is 50.4. The van der Waals surface area contributed by atoms with Crippen LogP contribution in [-0.4, -0.2) is 11.4 Å². The van der Waals surface area contributed by atoms with Crippen LogP contribution in [0.25, 0.3) is 0 Å². The summed E-state index contributed by atoms with van der Waals surface area (Å²) in [6, 6.07) is 17.8. The number of hydrogen-bond acceptors (Lipinski definition) is 2. The zero-order valence-electron chi connectivity index (χ0n) is 38.2. The van der Waals surface area contributed by atoms with E-state index in [1.54, 1.807) is 0 Å². The fourth-order valence-electron chi connectivity index (χ4n) is 7.81. The van der Waals surface area contributed by atoms with Crippen LogP contribution in [0.5, 0.6) is 0 Å². The van der Waals surface area contributed by atoms with E-state index < -0.39 is 0 Å². The lowest BCUT2D eigenvalue weighted by Gasteiger charge is -2.14. The fourth-order valence-corrected chi connectivity index (χ4v) is 7.81. The molecule has 0 aromatic heterocycles. The van der Waals surface area contributed by atoms with Crippen LogP contribution in [0.3, 0.4) is 0 Å². The smallest absolute Gasteiger partial charge is 0.0665 e. The van der Waals surface area contributed by atoms with Gasteiger partial charge in [-0.3, -0.25) is 9.98 Å². The molecule has 2 heteroatoms. The van der Waals surface area contributed by atoms with Crippen molar-refractivity contribution >= 4 is 22.8 Å². The Morgan fingerprint density at radius 2 is 0.667 bits per heavy atom. The lowest BCUT2D eigenvalue weighted by atomic mass is 10.0. The maximum absolute atomic E-state index is 5.49. The van der Waals surface area contributed by atoms with E-state index in [1.807, 2.05) is 0 Å². The van der Waals surface area contributed by atoms with Gasteiger partial charge in [0.25, 0.3) is 0 Å². The van der Waals surface area contributed by atoms with Gasteiger partial charge >= 0.3 is 0 Å². The molecule has 0 saturated heterocycles. The first-order chi connectivity index (χ1) is 28.2. The predicted molar refractivity (Wildman–Crippen MR) is 259 cm³/mol. The number of benzene rings is 2. The minimum absolute atomic E-state index is 0.989. The molecule has 0 bridgehead atoms. The highest BCUT2D eigenvalue weighted by atomic mass is 14.8. The number of unbranched alkanes of at least 4 members (excludes halogenated alkanes) is 23. The number of nitrogens with zero attached hydrogens (tertiary/aromatic N) is 2. The zero-order valence-corrected chi connectivity index (χ0v) is 38.2. The Kier molecular flexibility index (Phi) is 33.2. The van der Waals surface area contributed by atoms with E-state index in [4.69, 9.17) is 9.98 Å². The van der Waals surface area contributed by atoms with Gasteiger partial charge in [0.2, 0.25) is 0 Å². The van der Waals surface area contributed by atoms with Gasteiger partial charge in [0.05, 0.1) is 22.8 Å². The van der Waals surface area contributed by atoms with Gasteiger partial charge in [0, 0.05) is 0 Å². The maximum atomic E-state index is 5.49. The number of allylic oxidation sites excluding steroid dienone is 4. The molecule has 0 fully saturated rings. The molecule has 2 rings (SSSR count). The molecule has 2 aromatic carbocycles. The molecule has 0 aliphatic carbocycles. The Morgan fingerprint density at radius 1 is 0.351 bits per heavy atom. The molecule has 0 heterocycles. The average molecular weight is 779 g/mol. The quantitative estimate of drug-likeness (QED) is 0.0368. The normalized spacial score (nSPS) is 12.5. The summed E-state index contributed by atoms with van der Waals surface area (Å²) in [4.78, 5) is 11.0. The monoisotopic (exact) mass is 779 g/mol. The van der Waals surface area contributed by atoms with E-state index >= 15 is 0 Å². The van der Waals surface area contributed by atoms with Crippen LogP contribution in [0.4, 0.5) is 11.4 Å². The fraction of sp³-hybridized carbons (Fsp3) is 0.673. The third-order valence-corrected chi connectivity index (χ3v) is 11.5. The number of hydrogen-bond donors (Lipinski definition) is 0. The highest BCUT2D eigenvalue weighted by molar-refractivity contribution is 6.43. The van der Waals surface area contributed by atoms with Crippen LogP contribution in [-0.2, 0) is 12.8 Å². The van der Waals surface area contributed by atoms with E-state index in [0.717, 1.165) is 62.7 Å². The summed E-state index contributed by atoms with van der Waals surface area (Å²) in [6.45, 7) is 9.19. The summed E-state index contributed by atoms with van der Waals surface area (Å²) in [6.07, 6.45) is 52.1. The Morgan fingerprint density at radius 3 is 1.07 bits per heavy atom. The lowest BCUT2D eigenvalue weighted by molar-refractivity contribution is 0.566. The van der Waals surface area contributed by atoms with E-state index in [1.165, 1.54) is 183 Å². The van der Waals surface area contributed by atoms with Gasteiger partial charge in [-0.05, 0) is 113 Å². The molecule has 0 aliphatic heterocycles.